The third-order valence-electron chi connectivity index (χ3n) is 9.75. The Morgan fingerprint density at radius 2 is 2.07 bits per heavy atom. The number of carbonyl (C=O) groups is 1. The highest BCUT2D eigenvalue weighted by atomic mass is 16.5. The van der Waals surface area contributed by atoms with Crippen molar-refractivity contribution in [2.45, 2.75) is 70.1 Å². The van der Waals surface area contributed by atoms with E-state index in [9.17, 15) is 10.1 Å². The van der Waals surface area contributed by atoms with Crippen LogP contribution < -0.4 is 14.4 Å². The summed E-state index contributed by atoms with van der Waals surface area (Å²) in [5.41, 5.74) is 2.96. The Balaban J connectivity index is 1.37. The van der Waals surface area contributed by atoms with Gasteiger partial charge in [0.15, 0.2) is 0 Å². The Hall–Kier alpha value is -3.64. The summed E-state index contributed by atoms with van der Waals surface area (Å²) >= 11 is 0. The standard InChI is InChI=1S/C32H40N6O3/c1-5-27(39)38-18-17-37(20-23(38)13-15-33)28-25-12-14-32(26-11-7-6-9-22(26)19-31(32,2)3)41-29(25)35-30(34-28)40-21-24-10-8-16-36(24)4/h5-7,9,11,23-24H,1,8,10,12-14,16-21H2,2-4H3/t23-,24-,32?/m0/s1. The third kappa shape index (κ3) is 4.72. The molecule has 4 aliphatic rings. The van der Waals surface area contributed by atoms with Crippen LogP contribution >= 0.6 is 0 Å². The quantitative estimate of drug-likeness (QED) is 0.495. The summed E-state index contributed by atoms with van der Waals surface area (Å²) in [5.74, 6) is 1.23. The molecule has 0 bridgehead atoms. The first-order chi connectivity index (χ1) is 19.8. The highest BCUT2D eigenvalue weighted by molar-refractivity contribution is 5.87. The minimum absolute atomic E-state index is 0.109. The number of rotatable bonds is 6. The van der Waals surface area contributed by atoms with E-state index in [2.05, 4.69) is 67.6 Å². The Morgan fingerprint density at radius 3 is 2.83 bits per heavy atom. The summed E-state index contributed by atoms with van der Waals surface area (Å²) in [5, 5.41) is 9.52. The fraction of sp³-hybridized carbons (Fsp3) is 0.562. The number of hydrogen-bond donors (Lipinski definition) is 0. The van der Waals surface area contributed by atoms with Gasteiger partial charge in [-0.25, -0.2) is 0 Å². The molecule has 1 aromatic heterocycles. The smallest absolute Gasteiger partial charge is 0.321 e. The van der Waals surface area contributed by atoms with E-state index in [-0.39, 0.29) is 23.8 Å². The predicted octanol–water partition coefficient (Wildman–Crippen LogP) is 3.87. The first-order valence-corrected chi connectivity index (χ1v) is 14.8. The molecule has 3 atom stereocenters. The lowest BCUT2D eigenvalue weighted by Gasteiger charge is -2.46. The number of aromatic nitrogens is 2. The molecule has 1 aromatic carbocycles. The van der Waals surface area contributed by atoms with E-state index in [0.717, 1.165) is 50.0 Å². The first-order valence-electron chi connectivity index (χ1n) is 14.8. The summed E-state index contributed by atoms with van der Waals surface area (Å²) in [7, 11) is 2.13. The van der Waals surface area contributed by atoms with Crippen LogP contribution in [0, 0.1) is 16.7 Å². The van der Waals surface area contributed by atoms with Crippen molar-refractivity contribution in [2.75, 3.05) is 44.7 Å². The molecular formula is C32H40N6O3. The van der Waals surface area contributed by atoms with Crippen LogP contribution in [-0.2, 0) is 23.2 Å². The zero-order valence-corrected chi connectivity index (χ0v) is 24.4. The first kappa shape index (κ1) is 27.5. The maximum Gasteiger partial charge on any atom is 0.321 e. The number of benzene rings is 1. The molecular weight excluding hydrogens is 516 g/mol. The van der Waals surface area contributed by atoms with Gasteiger partial charge in [0.1, 0.15) is 18.0 Å². The average Bonchev–Trinajstić information content (AvgIpc) is 3.47. The molecule has 0 N–H and O–H groups in total. The summed E-state index contributed by atoms with van der Waals surface area (Å²) < 4.78 is 13.3. The SMILES string of the molecule is C=CC(=O)N1CCN(c2nc(OC[C@@H]3CCCN3C)nc3c2CCC2(O3)c3ccccc3CC2(C)C)C[C@@H]1CC#N. The lowest BCUT2D eigenvalue weighted by atomic mass is 9.71. The second kappa shape index (κ2) is 10.6. The Labute approximate surface area is 242 Å². The van der Waals surface area contributed by atoms with Crippen LogP contribution in [0.15, 0.2) is 36.9 Å². The van der Waals surface area contributed by atoms with Crippen molar-refractivity contribution in [2.24, 2.45) is 5.41 Å². The molecule has 216 valence electrons. The lowest BCUT2D eigenvalue weighted by Crippen LogP contribution is -2.55. The van der Waals surface area contributed by atoms with Gasteiger partial charge < -0.3 is 24.2 Å². The van der Waals surface area contributed by atoms with Crippen molar-refractivity contribution in [3.05, 3.63) is 53.6 Å². The van der Waals surface area contributed by atoms with Crippen molar-refractivity contribution >= 4 is 11.7 Å². The number of amides is 1. The van der Waals surface area contributed by atoms with Crippen LogP contribution in [0.3, 0.4) is 0 Å². The fourth-order valence-corrected chi connectivity index (χ4v) is 7.39. The number of nitrogens with zero attached hydrogens (tertiary/aromatic N) is 6. The largest absolute Gasteiger partial charge is 0.465 e. The molecule has 3 aliphatic heterocycles. The number of likely N-dealkylation sites (tertiary alicyclic amines) is 1. The predicted molar refractivity (Wildman–Crippen MR) is 156 cm³/mol. The maximum atomic E-state index is 12.5. The van der Waals surface area contributed by atoms with E-state index in [1.807, 2.05) is 0 Å². The van der Waals surface area contributed by atoms with E-state index >= 15 is 0 Å². The number of fused-ring (bicyclic) bond motifs is 3. The number of anilines is 1. The molecule has 4 heterocycles. The number of likely N-dealkylation sites (N-methyl/N-ethyl adjacent to an activating group) is 1. The molecule has 2 aromatic rings. The van der Waals surface area contributed by atoms with E-state index < -0.39 is 5.60 Å². The van der Waals surface area contributed by atoms with Gasteiger partial charge in [0.25, 0.3) is 0 Å². The highest BCUT2D eigenvalue weighted by Crippen LogP contribution is 2.57. The average molecular weight is 557 g/mol. The van der Waals surface area contributed by atoms with Gasteiger partial charge >= 0.3 is 6.01 Å². The highest BCUT2D eigenvalue weighted by Gasteiger charge is 2.56. The number of carbonyl (C=O) groups excluding carboxylic acids is 1. The van der Waals surface area contributed by atoms with Gasteiger partial charge in [0, 0.05) is 31.1 Å². The van der Waals surface area contributed by atoms with E-state index in [1.165, 1.54) is 17.2 Å². The topological polar surface area (TPSA) is 94.8 Å². The summed E-state index contributed by atoms with van der Waals surface area (Å²) in [6.07, 6.45) is 6.36. The maximum absolute atomic E-state index is 12.5. The normalized spacial score (nSPS) is 26.7. The molecule has 0 saturated carbocycles. The van der Waals surface area contributed by atoms with Gasteiger partial charge in [0.2, 0.25) is 11.8 Å². The van der Waals surface area contributed by atoms with Gasteiger partial charge in [-0.3, -0.25) is 4.79 Å². The summed E-state index contributed by atoms with van der Waals surface area (Å²) in [6, 6.07) is 11.3. The van der Waals surface area contributed by atoms with Gasteiger partial charge in [0.05, 0.1) is 24.1 Å². The van der Waals surface area contributed by atoms with Crippen LogP contribution in [-0.4, -0.2) is 77.6 Å². The number of ether oxygens (including phenoxy) is 2. The Bertz CT molecular complexity index is 1390. The van der Waals surface area contributed by atoms with E-state index in [0.29, 0.717) is 44.2 Å². The number of nitriles is 1. The molecule has 1 unspecified atom stereocenters. The molecule has 6 rings (SSSR count). The molecule has 1 amide bonds. The Morgan fingerprint density at radius 1 is 1.24 bits per heavy atom. The molecule has 2 saturated heterocycles. The number of hydrogen-bond acceptors (Lipinski definition) is 8. The molecule has 9 nitrogen and oxygen atoms in total. The molecule has 9 heteroatoms. The fourth-order valence-electron chi connectivity index (χ4n) is 7.39. The monoisotopic (exact) mass is 556 g/mol. The van der Waals surface area contributed by atoms with Crippen molar-refractivity contribution in [1.82, 2.24) is 19.8 Å². The van der Waals surface area contributed by atoms with Crippen LogP contribution in [0.2, 0.25) is 0 Å². The van der Waals surface area contributed by atoms with Gasteiger partial charge in [-0.15, -0.1) is 0 Å². The molecule has 2 fully saturated rings. The number of piperazine rings is 1. The van der Waals surface area contributed by atoms with Crippen LogP contribution in [0.5, 0.6) is 11.9 Å². The van der Waals surface area contributed by atoms with Crippen LogP contribution in [0.1, 0.15) is 56.2 Å². The van der Waals surface area contributed by atoms with E-state index in [1.54, 1.807) is 4.90 Å². The van der Waals surface area contributed by atoms with Crippen LogP contribution in [0.4, 0.5) is 5.82 Å². The lowest BCUT2D eigenvalue weighted by molar-refractivity contribution is -0.128. The van der Waals surface area contributed by atoms with Crippen molar-refractivity contribution in [1.29, 1.82) is 5.26 Å². The molecule has 1 spiro atoms. The van der Waals surface area contributed by atoms with Gasteiger partial charge in [-0.2, -0.15) is 15.2 Å². The van der Waals surface area contributed by atoms with Crippen molar-refractivity contribution in [3.63, 3.8) is 0 Å². The molecule has 0 radical (unpaired) electrons. The summed E-state index contributed by atoms with van der Waals surface area (Å²) in [4.78, 5) is 28.6. The van der Waals surface area contributed by atoms with Gasteiger partial charge in [-0.05, 0) is 62.9 Å². The van der Waals surface area contributed by atoms with Crippen molar-refractivity contribution in [3.8, 4) is 18.0 Å². The zero-order valence-electron chi connectivity index (χ0n) is 24.4. The molecule has 41 heavy (non-hydrogen) atoms. The second-order valence-electron chi connectivity index (χ2n) is 12.5. The van der Waals surface area contributed by atoms with E-state index in [4.69, 9.17) is 19.4 Å². The third-order valence-corrected chi connectivity index (χ3v) is 9.75. The second-order valence-corrected chi connectivity index (χ2v) is 12.5. The Kier molecular flexibility index (Phi) is 7.14. The zero-order chi connectivity index (χ0) is 28.8. The van der Waals surface area contributed by atoms with Gasteiger partial charge in [-0.1, -0.05) is 44.7 Å². The minimum atomic E-state index is -0.483. The van der Waals surface area contributed by atoms with Crippen molar-refractivity contribution < 1.29 is 14.3 Å². The van der Waals surface area contributed by atoms with Crippen LogP contribution in [0.25, 0.3) is 0 Å². The molecule has 1 aliphatic carbocycles. The summed E-state index contributed by atoms with van der Waals surface area (Å²) in [6.45, 7) is 11.4. The minimum Gasteiger partial charge on any atom is -0.465 e.